The monoisotopic (exact) mass is 257 g/mol. The molecule has 0 amide bonds. The van der Waals surface area contributed by atoms with Gasteiger partial charge in [-0.15, -0.1) is 0 Å². The predicted octanol–water partition coefficient (Wildman–Crippen LogP) is 3.42. The maximum atomic E-state index is 12.2. The minimum atomic E-state index is -4.80. The average Bonchev–Trinajstić information content (AvgIpc) is 2.38. The van der Waals surface area contributed by atoms with E-state index in [1.165, 1.54) is 18.6 Å². The summed E-state index contributed by atoms with van der Waals surface area (Å²) in [5.74, 6) is -1.78. The van der Waals surface area contributed by atoms with Crippen LogP contribution in [0.25, 0.3) is 0 Å². The molecule has 98 valence electrons. The minimum absolute atomic E-state index is 0.303. The summed E-state index contributed by atoms with van der Waals surface area (Å²) in [6.07, 6.45) is -1.40. The first-order valence-electron chi connectivity index (χ1n) is 5.95. The summed E-state index contributed by atoms with van der Waals surface area (Å²) in [6.45, 7) is 1.85. The van der Waals surface area contributed by atoms with Crippen molar-refractivity contribution < 1.29 is 18.0 Å². The third kappa shape index (κ3) is 2.83. The molecule has 0 aliphatic carbocycles. The van der Waals surface area contributed by atoms with E-state index < -0.39 is 12.0 Å². The number of carbonyl (C=O) groups is 1. The Morgan fingerprint density at radius 1 is 1.00 bits per heavy atom. The molecule has 1 saturated heterocycles. The van der Waals surface area contributed by atoms with Gasteiger partial charge in [0.2, 0.25) is 0 Å². The molecular formula is C13H14F3NO. The van der Waals surface area contributed by atoms with Gasteiger partial charge >= 0.3 is 6.18 Å². The molecule has 0 N–H and O–H groups in total. The van der Waals surface area contributed by atoms with Crippen LogP contribution in [-0.2, 0) is 0 Å². The van der Waals surface area contributed by atoms with Gasteiger partial charge in [0.1, 0.15) is 0 Å². The standard InChI is InChI=1S/C13H14F3NO/c14-13(15,16)12(18)10-4-6-11(7-5-10)17-8-2-1-3-9-17/h4-7H,1-3,8-9H2. The van der Waals surface area contributed by atoms with Crippen molar-refractivity contribution in [3.63, 3.8) is 0 Å². The lowest BCUT2D eigenvalue weighted by atomic mass is 10.1. The molecule has 0 bridgehead atoms. The van der Waals surface area contributed by atoms with E-state index in [-0.39, 0.29) is 5.56 Å². The molecule has 0 saturated carbocycles. The third-order valence-electron chi connectivity index (χ3n) is 3.11. The van der Waals surface area contributed by atoms with Gasteiger partial charge in [0, 0.05) is 24.3 Å². The molecule has 1 aliphatic heterocycles. The van der Waals surface area contributed by atoms with Crippen LogP contribution in [0.2, 0.25) is 0 Å². The van der Waals surface area contributed by atoms with E-state index in [0.29, 0.717) is 0 Å². The Hall–Kier alpha value is -1.52. The topological polar surface area (TPSA) is 20.3 Å². The van der Waals surface area contributed by atoms with Gasteiger partial charge in [0.15, 0.2) is 0 Å². The molecule has 0 radical (unpaired) electrons. The van der Waals surface area contributed by atoms with Crippen LogP contribution in [-0.4, -0.2) is 25.0 Å². The number of carbonyl (C=O) groups excluding carboxylic acids is 1. The molecule has 1 aromatic rings. The number of hydrogen-bond acceptors (Lipinski definition) is 2. The van der Waals surface area contributed by atoms with Crippen LogP contribution in [0.4, 0.5) is 18.9 Å². The molecule has 0 unspecified atom stereocenters. The molecule has 1 aromatic carbocycles. The van der Waals surface area contributed by atoms with Crippen molar-refractivity contribution in [2.45, 2.75) is 25.4 Å². The number of nitrogens with zero attached hydrogens (tertiary/aromatic N) is 1. The number of Topliss-reactive ketones (excluding diaryl/α,β-unsaturated/α-hetero) is 1. The number of halogens is 3. The summed E-state index contributed by atoms with van der Waals surface area (Å²) < 4.78 is 36.7. The first kappa shape index (κ1) is 12.9. The van der Waals surface area contributed by atoms with Gasteiger partial charge in [-0.25, -0.2) is 0 Å². The number of anilines is 1. The lowest BCUT2D eigenvalue weighted by Gasteiger charge is -2.28. The predicted molar refractivity (Wildman–Crippen MR) is 62.9 cm³/mol. The summed E-state index contributed by atoms with van der Waals surface area (Å²) in [6, 6.07) is 5.67. The first-order valence-corrected chi connectivity index (χ1v) is 5.95. The highest BCUT2D eigenvalue weighted by atomic mass is 19.4. The van der Waals surface area contributed by atoms with Crippen LogP contribution in [0.1, 0.15) is 29.6 Å². The smallest absolute Gasteiger partial charge is 0.372 e. The van der Waals surface area contributed by atoms with Crippen molar-refractivity contribution in [1.82, 2.24) is 0 Å². The molecule has 18 heavy (non-hydrogen) atoms. The van der Waals surface area contributed by atoms with Crippen molar-refractivity contribution >= 4 is 11.5 Å². The lowest BCUT2D eigenvalue weighted by molar-refractivity contribution is -0.0885. The van der Waals surface area contributed by atoms with Crippen molar-refractivity contribution in [3.8, 4) is 0 Å². The number of ketones is 1. The summed E-state index contributed by atoms with van der Waals surface area (Å²) in [7, 11) is 0. The second-order valence-electron chi connectivity index (χ2n) is 4.42. The number of rotatable bonds is 2. The first-order chi connectivity index (χ1) is 8.48. The average molecular weight is 257 g/mol. The Morgan fingerprint density at radius 2 is 1.56 bits per heavy atom. The van der Waals surface area contributed by atoms with E-state index in [4.69, 9.17) is 0 Å². The van der Waals surface area contributed by atoms with E-state index >= 15 is 0 Å². The maximum Gasteiger partial charge on any atom is 0.454 e. The minimum Gasteiger partial charge on any atom is -0.372 e. The molecule has 0 atom stereocenters. The molecule has 2 nitrogen and oxygen atoms in total. The molecule has 2 rings (SSSR count). The molecule has 0 spiro atoms. The Labute approximate surface area is 103 Å². The lowest BCUT2D eigenvalue weighted by Crippen LogP contribution is -2.29. The summed E-state index contributed by atoms with van der Waals surface area (Å²) in [5.41, 5.74) is 0.580. The van der Waals surface area contributed by atoms with Gasteiger partial charge in [-0.3, -0.25) is 4.79 Å². The quantitative estimate of drug-likeness (QED) is 0.756. The van der Waals surface area contributed by atoms with Gasteiger partial charge in [0.25, 0.3) is 5.78 Å². The third-order valence-corrected chi connectivity index (χ3v) is 3.11. The second-order valence-corrected chi connectivity index (χ2v) is 4.42. The van der Waals surface area contributed by atoms with E-state index in [1.807, 2.05) is 0 Å². The summed E-state index contributed by atoms with van der Waals surface area (Å²) in [5, 5.41) is 0. The van der Waals surface area contributed by atoms with E-state index in [1.54, 1.807) is 12.1 Å². The van der Waals surface area contributed by atoms with Gasteiger partial charge in [-0.05, 0) is 43.5 Å². The maximum absolute atomic E-state index is 12.2. The SMILES string of the molecule is O=C(c1ccc(N2CCCCC2)cc1)C(F)(F)F. The Bertz CT molecular complexity index is 419. The second kappa shape index (κ2) is 5.00. The highest BCUT2D eigenvalue weighted by molar-refractivity contribution is 6.00. The molecule has 1 fully saturated rings. The van der Waals surface area contributed by atoms with E-state index in [2.05, 4.69) is 4.90 Å². The van der Waals surface area contributed by atoms with E-state index in [0.717, 1.165) is 31.6 Å². The van der Waals surface area contributed by atoms with Crippen LogP contribution >= 0.6 is 0 Å². The number of benzene rings is 1. The summed E-state index contributed by atoms with van der Waals surface area (Å²) in [4.78, 5) is 13.1. The van der Waals surface area contributed by atoms with Crippen LogP contribution in [0.15, 0.2) is 24.3 Å². The van der Waals surface area contributed by atoms with Gasteiger partial charge in [-0.2, -0.15) is 13.2 Å². The Balaban J connectivity index is 2.12. The van der Waals surface area contributed by atoms with Gasteiger partial charge in [-0.1, -0.05) is 0 Å². The Kier molecular flexibility index (Phi) is 3.59. The van der Waals surface area contributed by atoms with Gasteiger partial charge in [0.05, 0.1) is 0 Å². The van der Waals surface area contributed by atoms with Gasteiger partial charge < -0.3 is 4.90 Å². The van der Waals surface area contributed by atoms with Crippen LogP contribution in [0.5, 0.6) is 0 Å². The zero-order chi connectivity index (χ0) is 13.2. The van der Waals surface area contributed by atoms with E-state index in [9.17, 15) is 18.0 Å². The molecule has 1 heterocycles. The normalized spacial score (nSPS) is 16.7. The number of alkyl halides is 3. The highest BCUT2D eigenvalue weighted by Crippen LogP contribution is 2.24. The molecule has 5 heteroatoms. The van der Waals surface area contributed by atoms with Crippen LogP contribution < -0.4 is 4.90 Å². The van der Waals surface area contributed by atoms with Crippen LogP contribution in [0.3, 0.4) is 0 Å². The number of hydrogen-bond donors (Lipinski definition) is 0. The van der Waals surface area contributed by atoms with Crippen molar-refractivity contribution in [2.75, 3.05) is 18.0 Å². The van der Waals surface area contributed by atoms with Crippen LogP contribution in [0, 0.1) is 0 Å². The molecular weight excluding hydrogens is 243 g/mol. The molecule has 1 aliphatic rings. The van der Waals surface area contributed by atoms with Crippen molar-refractivity contribution in [1.29, 1.82) is 0 Å². The van der Waals surface area contributed by atoms with Crippen molar-refractivity contribution in [2.24, 2.45) is 0 Å². The van der Waals surface area contributed by atoms with Crippen molar-refractivity contribution in [3.05, 3.63) is 29.8 Å². The zero-order valence-corrected chi connectivity index (χ0v) is 9.83. The largest absolute Gasteiger partial charge is 0.454 e. The molecule has 0 aromatic heterocycles. The highest BCUT2D eigenvalue weighted by Gasteiger charge is 2.39. The zero-order valence-electron chi connectivity index (χ0n) is 9.83. The fourth-order valence-corrected chi connectivity index (χ4v) is 2.14. The fraction of sp³-hybridized carbons (Fsp3) is 0.462. The number of piperidine rings is 1. The fourth-order valence-electron chi connectivity index (χ4n) is 2.14. The Morgan fingerprint density at radius 3 is 2.06 bits per heavy atom. The summed E-state index contributed by atoms with van der Waals surface area (Å²) >= 11 is 0.